The second-order valence-electron chi connectivity index (χ2n) is 8.56. The first-order valence-electron chi connectivity index (χ1n) is 11.2. The fraction of sp³-hybridized carbons (Fsp3) is 0.292. The number of nitrogens with zero attached hydrogens (tertiary/aromatic N) is 5. The van der Waals surface area contributed by atoms with Crippen molar-refractivity contribution in [3.63, 3.8) is 0 Å². The standard InChI is InChI=1S/C24H23N7O/c32-24(21-13-19(10-11-25-21)30-14-26-20-6-1-2-7-22(20)30)28-17-5-3-4-16(12-17)23-29-27-15-31(23)18-8-9-18/h3-5,10-15,18H,1-2,6-9H2,(H,28,32)/p+1. The van der Waals surface area contributed by atoms with Crippen molar-refractivity contribution in [1.82, 2.24) is 19.7 Å². The summed E-state index contributed by atoms with van der Waals surface area (Å²) < 4.78 is 2.11. The number of quaternary nitrogens is 1. The molecule has 3 heterocycles. The summed E-state index contributed by atoms with van der Waals surface area (Å²) in [5, 5.41) is 11.3. The van der Waals surface area contributed by atoms with Crippen LogP contribution in [0.5, 0.6) is 0 Å². The largest absolute Gasteiger partial charge is 0.321 e. The van der Waals surface area contributed by atoms with Crippen LogP contribution < -0.4 is 10.2 Å². The zero-order chi connectivity index (χ0) is 21.5. The Morgan fingerprint density at radius 1 is 1.12 bits per heavy atom. The third-order valence-electron chi connectivity index (χ3n) is 6.31. The number of aliphatic imine (C=N–C) groups is 1. The van der Waals surface area contributed by atoms with Crippen LogP contribution in [0.2, 0.25) is 0 Å². The zero-order valence-corrected chi connectivity index (χ0v) is 17.7. The number of nitrogens with one attached hydrogen (secondary N) is 2. The number of carbonyl (C=O) groups is 1. The average Bonchev–Trinajstić information content (AvgIpc) is 3.39. The van der Waals surface area contributed by atoms with Crippen LogP contribution in [0.3, 0.4) is 0 Å². The number of allylic oxidation sites excluding steroid dienone is 2. The first-order chi connectivity index (χ1) is 15.8. The van der Waals surface area contributed by atoms with Gasteiger partial charge in [0, 0.05) is 42.0 Å². The number of rotatable bonds is 5. The second-order valence-corrected chi connectivity index (χ2v) is 8.56. The third-order valence-corrected chi connectivity index (χ3v) is 6.31. The van der Waals surface area contributed by atoms with Gasteiger partial charge in [-0.25, -0.2) is 9.89 Å². The molecule has 1 fully saturated rings. The lowest BCUT2D eigenvalue weighted by atomic mass is 10.0. The van der Waals surface area contributed by atoms with Gasteiger partial charge in [-0.1, -0.05) is 12.1 Å². The molecule has 160 valence electrons. The van der Waals surface area contributed by atoms with Gasteiger partial charge in [-0.05, 0) is 44.2 Å². The summed E-state index contributed by atoms with van der Waals surface area (Å²) in [6, 6.07) is 12.0. The van der Waals surface area contributed by atoms with E-state index in [2.05, 4.69) is 30.1 Å². The van der Waals surface area contributed by atoms with E-state index in [1.165, 1.54) is 24.2 Å². The van der Waals surface area contributed by atoms with Gasteiger partial charge in [-0.2, -0.15) is 0 Å². The smallest absolute Gasteiger partial charge is 0.274 e. The van der Waals surface area contributed by atoms with E-state index in [4.69, 9.17) is 0 Å². The minimum atomic E-state index is -0.235. The van der Waals surface area contributed by atoms with E-state index in [-0.39, 0.29) is 5.91 Å². The maximum Gasteiger partial charge on any atom is 0.274 e. The average molecular weight is 427 g/mol. The van der Waals surface area contributed by atoms with Gasteiger partial charge in [0.1, 0.15) is 29.1 Å². The van der Waals surface area contributed by atoms with Crippen molar-refractivity contribution in [2.24, 2.45) is 4.99 Å². The molecule has 1 aromatic carbocycles. The number of benzene rings is 1. The van der Waals surface area contributed by atoms with Crippen LogP contribution in [0.25, 0.3) is 11.4 Å². The molecule has 6 rings (SSSR count). The number of amides is 1. The summed E-state index contributed by atoms with van der Waals surface area (Å²) in [6.07, 6.45) is 12.2. The number of hydrogen-bond donors (Lipinski definition) is 2. The molecule has 2 aromatic heterocycles. The van der Waals surface area contributed by atoms with Crippen molar-refractivity contribution in [2.75, 3.05) is 5.32 Å². The molecule has 32 heavy (non-hydrogen) atoms. The van der Waals surface area contributed by atoms with Gasteiger partial charge in [0.2, 0.25) is 0 Å². The summed E-state index contributed by atoms with van der Waals surface area (Å²) in [5.74, 6) is 0.596. The van der Waals surface area contributed by atoms with E-state index in [9.17, 15) is 4.79 Å². The predicted octanol–water partition coefficient (Wildman–Crippen LogP) is 3.27. The molecule has 1 saturated carbocycles. The quantitative estimate of drug-likeness (QED) is 0.655. The lowest BCUT2D eigenvalue weighted by Crippen LogP contribution is -3.03. The number of pyridine rings is 1. The molecule has 0 saturated heterocycles. The highest BCUT2D eigenvalue weighted by Gasteiger charge is 2.29. The molecule has 1 unspecified atom stereocenters. The van der Waals surface area contributed by atoms with Crippen molar-refractivity contribution in [1.29, 1.82) is 0 Å². The number of aromatic nitrogens is 4. The molecule has 0 bridgehead atoms. The first kappa shape index (κ1) is 19.1. The minimum Gasteiger partial charge on any atom is -0.321 e. The fourth-order valence-electron chi connectivity index (χ4n) is 4.51. The number of carbonyl (C=O) groups excluding carboxylic acids is 1. The molecule has 0 radical (unpaired) electrons. The Labute approximate surface area is 185 Å². The number of anilines is 1. The van der Waals surface area contributed by atoms with Crippen LogP contribution >= 0.6 is 0 Å². The normalized spacial score (nSPS) is 19.8. The summed E-state index contributed by atoms with van der Waals surface area (Å²) in [6.45, 7) is 0. The molecule has 3 aromatic rings. The van der Waals surface area contributed by atoms with Crippen molar-refractivity contribution < 1.29 is 9.69 Å². The van der Waals surface area contributed by atoms with Crippen LogP contribution in [0.15, 0.2) is 65.3 Å². The molecule has 3 aliphatic rings. The van der Waals surface area contributed by atoms with Gasteiger partial charge in [-0.3, -0.25) is 9.78 Å². The van der Waals surface area contributed by atoms with Gasteiger partial charge in [0.15, 0.2) is 12.2 Å². The molecule has 8 nitrogen and oxygen atoms in total. The predicted molar refractivity (Wildman–Crippen MR) is 121 cm³/mol. The van der Waals surface area contributed by atoms with Crippen LogP contribution in [-0.4, -0.2) is 32.0 Å². The van der Waals surface area contributed by atoms with Crippen LogP contribution in [0.1, 0.15) is 55.1 Å². The van der Waals surface area contributed by atoms with Crippen LogP contribution in [0, 0.1) is 0 Å². The zero-order valence-electron chi connectivity index (χ0n) is 17.7. The molecular weight excluding hydrogens is 402 g/mol. The Balaban J connectivity index is 1.22. The Morgan fingerprint density at radius 2 is 2.03 bits per heavy atom. The van der Waals surface area contributed by atoms with E-state index < -0.39 is 0 Å². The maximum absolute atomic E-state index is 13.0. The summed E-state index contributed by atoms with van der Waals surface area (Å²) in [4.78, 5) is 23.0. The minimum absolute atomic E-state index is 0.235. The van der Waals surface area contributed by atoms with Crippen molar-refractivity contribution in [3.8, 4) is 11.4 Å². The lowest BCUT2D eigenvalue weighted by Gasteiger charge is -2.17. The molecule has 2 N–H and O–H groups in total. The topological polar surface area (TPSA) is 89.5 Å². The second kappa shape index (κ2) is 7.80. The van der Waals surface area contributed by atoms with E-state index in [1.54, 1.807) is 12.5 Å². The van der Waals surface area contributed by atoms with E-state index >= 15 is 0 Å². The van der Waals surface area contributed by atoms with Gasteiger partial charge in [0.05, 0.1) is 0 Å². The SMILES string of the molecule is O=C(Nc1cccc(-c2nncn2C2CC2)c1)c1cc([NH+]2C=NC3=C2CCCC3)ccn1. The third kappa shape index (κ3) is 3.52. The van der Waals surface area contributed by atoms with E-state index in [1.807, 2.05) is 42.7 Å². The van der Waals surface area contributed by atoms with Gasteiger partial charge >= 0.3 is 0 Å². The summed E-state index contributed by atoms with van der Waals surface area (Å²) in [5.41, 5.74) is 5.54. The van der Waals surface area contributed by atoms with Crippen molar-refractivity contribution in [2.45, 2.75) is 44.6 Å². The Bertz CT molecular complexity index is 1250. The lowest BCUT2D eigenvalue weighted by molar-refractivity contribution is -0.675. The van der Waals surface area contributed by atoms with E-state index in [0.29, 0.717) is 17.4 Å². The molecular formula is C24H24N7O+. The maximum atomic E-state index is 13.0. The van der Waals surface area contributed by atoms with Gasteiger partial charge < -0.3 is 9.88 Å². The molecule has 1 aliphatic heterocycles. The Hall–Kier alpha value is -3.65. The van der Waals surface area contributed by atoms with Crippen molar-refractivity contribution >= 4 is 23.6 Å². The molecule has 0 spiro atoms. The van der Waals surface area contributed by atoms with Gasteiger partial charge in [-0.15, -0.1) is 10.2 Å². The molecule has 1 atom stereocenters. The molecule has 1 amide bonds. The molecule has 2 aliphatic carbocycles. The Morgan fingerprint density at radius 3 is 2.94 bits per heavy atom. The molecule has 8 heteroatoms. The first-order valence-corrected chi connectivity index (χ1v) is 11.2. The number of hydrogen-bond acceptors (Lipinski definition) is 5. The summed E-state index contributed by atoms with van der Waals surface area (Å²) in [7, 11) is 0. The monoisotopic (exact) mass is 426 g/mol. The highest BCUT2D eigenvalue weighted by molar-refractivity contribution is 6.03. The van der Waals surface area contributed by atoms with Crippen LogP contribution in [0.4, 0.5) is 11.4 Å². The highest BCUT2D eigenvalue weighted by atomic mass is 16.1. The fourth-order valence-corrected chi connectivity index (χ4v) is 4.51. The van der Waals surface area contributed by atoms with Crippen LogP contribution in [-0.2, 0) is 0 Å². The summed E-state index contributed by atoms with van der Waals surface area (Å²) >= 11 is 0. The van der Waals surface area contributed by atoms with E-state index in [0.717, 1.165) is 47.7 Å². The highest BCUT2D eigenvalue weighted by Crippen LogP contribution is 2.37. The van der Waals surface area contributed by atoms with Crippen molar-refractivity contribution in [3.05, 3.63) is 66.0 Å². The Kier molecular flexibility index (Phi) is 4.65. The van der Waals surface area contributed by atoms with Gasteiger partial charge in [0.25, 0.3) is 5.91 Å².